The van der Waals surface area contributed by atoms with Crippen molar-refractivity contribution in [3.63, 3.8) is 0 Å². The van der Waals surface area contributed by atoms with Crippen LogP contribution in [0.2, 0.25) is 0 Å². The molecule has 0 fully saturated rings. The molecule has 4 aromatic rings. The third-order valence-electron chi connectivity index (χ3n) is 4.90. The molecule has 3 nitrogen and oxygen atoms in total. The fourth-order valence-electron chi connectivity index (χ4n) is 3.30. The highest BCUT2D eigenvalue weighted by Crippen LogP contribution is 2.28. The number of hydrogen-bond acceptors (Lipinski definition) is 3. The minimum atomic E-state index is -0.646. The molecule has 0 radical (unpaired) electrons. The fourth-order valence-corrected chi connectivity index (χ4v) is 3.30. The van der Waals surface area contributed by atoms with E-state index in [9.17, 15) is 8.78 Å². The quantitative estimate of drug-likeness (QED) is 0.312. The minimum Gasteiger partial charge on any atom is -0.455 e. The molecule has 158 valence electrons. The Hall–Kier alpha value is -4.17. The first-order chi connectivity index (χ1) is 15.5. The van der Waals surface area contributed by atoms with E-state index in [-0.39, 0.29) is 5.82 Å². The van der Waals surface area contributed by atoms with Crippen LogP contribution in [0.3, 0.4) is 0 Å². The van der Waals surface area contributed by atoms with Crippen molar-refractivity contribution in [1.82, 2.24) is 0 Å². The molecular formula is C27H19F2NO2. The lowest BCUT2D eigenvalue weighted by molar-refractivity contribution is 0.0221. The van der Waals surface area contributed by atoms with Gasteiger partial charge in [-0.3, -0.25) is 0 Å². The summed E-state index contributed by atoms with van der Waals surface area (Å²) in [5.41, 5.74) is 3.55. The molecule has 32 heavy (non-hydrogen) atoms. The van der Waals surface area contributed by atoms with Crippen LogP contribution in [0.1, 0.15) is 12.5 Å². The van der Waals surface area contributed by atoms with Gasteiger partial charge in [-0.1, -0.05) is 36.4 Å². The molecular weight excluding hydrogens is 408 g/mol. The van der Waals surface area contributed by atoms with E-state index in [4.69, 9.17) is 14.7 Å². The van der Waals surface area contributed by atoms with Crippen molar-refractivity contribution in [2.24, 2.45) is 0 Å². The first-order valence-electron chi connectivity index (χ1n) is 10.0. The lowest BCUT2D eigenvalue weighted by atomic mass is 10.0. The van der Waals surface area contributed by atoms with Crippen LogP contribution in [0.15, 0.2) is 91.0 Å². The van der Waals surface area contributed by atoms with Crippen LogP contribution in [-0.2, 0) is 0 Å². The Kier molecular flexibility index (Phi) is 6.14. The van der Waals surface area contributed by atoms with Crippen molar-refractivity contribution in [3.05, 3.63) is 108 Å². The fraction of sp³-hybridized carbons (Fsp3) is 0.0741. The van der Waals surface area contributed by atoms with Crippen molar-refractivity contribution < 1.29 is 18.3 Å². The molecule has 0 spiro atoms. The summed E-state index contributed by atoms with van der Waals surface area (Å²) < 4.78 is 39.1. The van der Waals surface area contributed by atoms with Gasteiger partial charge in [-0.2, -0.15) is 5.26 Å². The minimum absolute atomic E-state index is 0.329. The predicted octanol–water partition coefficient (Wildman–Crippen LogP) is 6.97. The van der Waals surface area contributed by atoms with Gasteiger partial charge in [0.1, 0.15) is 23.1 Å². The highest BCUT2D eigenvalue weighted by atomic mass is 19.1. The summed E-state index contributed by atoms with van der Waals surface area (Å²) in [4.78, 5) is 0. The van der Waals surface area contributed by atoms with Gasteiger partial charge in [-0.05, 0) is 65.2 Å². The summed E-state index contributed by atoms with van der Waals surface area (Å²) in [6.07, 6.45) is -0.646. The average Bonchev–Trinajstić information content (AvgIpc) is 2.80. The first kappa shape index (κ1) is 21.1. The third-order valence-corrected chi connectivity index (χ3v) is 4.90. The van der Waals surface area contributed by atoms with E-state index in [1.807, 2.05) is 36.4 Å². The maximum absolute atomic E-state index is 14.5. The Bertz CT molecular complexity index is 1250. The molecule has 0 saturated heterocycles. The number of nitriles is 1. The molecule has 0 aromatic heterocycles. The van der Waals surface area contributed by atoms with Crippen molar-refractivity contribution in [2.75, 3.05) is 0 Å². The van der Waals surface area contributed by atoms with Gasteiger partial charge in [0.15, 0.2) is 0 Å². The van der Waals surface area contributed by atoms with Gasteiger partial charge in [0.2, 0.25) is 6.29 Å². The molecule has 1 atom stereocenters. The number of rotatable bonds is 6. The molecule has 0 bridgehead atoms. The molecule has 0 saturated carbocycles. The maximum atomic E-state index is 14.5. The van der Waals surface area contributed by atoms with Crippen LogP contribution in [0.5, 0.6) is 11.5 Å². The monoisotopic (exact) mass is 427 g/mol. The SMILES string of the molecule is CC(Oc1ccc(-c2ccc(C#N)cc2)cc1)Oc1ccc(-c2ccc(F)cc2)c(F)c1. The van der Waals surface area contributed by atoms with Gasteiger partial charge >= 0.3 is 0 Å². The van der Waals surface area contributed by atoms with Crippen LogP contribution in [0.25, 0.3) is 22.3 Å². The zero-order valence-corrected chi connectivity index (χ0v) is 17.3. The molecule has 0 aliphatic rings. The van der Waals surface area contributed by atoms with Crippen molar-refractivity contribution in [3.8, 4) is 39.8 Å². The first-order valence-corrected chi connectivity index (χ1v) is 10.0. The highest BCUT2D eigenvalue weighted by Gasteiger charge is 2.11. The predicted molar refractivity (Wildman–Crippen MR) is 119 cm³/mol. The lowest BCUT2D eigenvalue weighted by Gasteiger charge is -2.17. The smallest absolute Gasteiger partial charge is 0.238 e. The van der Waals surface area contributed by atoms with E-state index in [0.717, 1.165) is 11.1 Å². The van der Waals surface area contributed by atoms with Gasteiger partial charge in [0.05, 0.1) is 11.6 Å². The number of hydrogen-bond donors (Lipinski definition) is 0. The third kappa shape index (κ3) is 4.93. The second kappa shape index (κ2) is 9.32. The van der Waals surface area contributed by atoms with E-state index in [1.165, 1.54) is 30.3 Å². The summed E-state index contributed by atoms with van der Waals surface area (Å²) in [7, 11) is 0. The van der Waals surface area contributed by atoms with E-state index in [0.29, 0.717) is 28.2 Å². The largest absolute Gasteiger partial charge is 0.455 e. The Balaban J connectivity index is 1.40. The standard InChI is InChI=1S/C27H19F2NO2/c1-18(31-24-12-8-21(9-13-24)20-4-2-19(17-30)3-5-20)32-25-14-15-26(27(29)16-25)22-6-10-23(28)11-7-22/h2-16,18H,1H3. The second-order valence-corrected chi connectivity index (χ2v) is 7.17. The highest BCUT2D eigenvalue weighted by molar-refractivity contribution is 5.65. The molecule has 4 aromatic carbocycles. The number of halogens is 2. The molecule has 1 unspecified atom stereocenters. The van der Waals surface area contributed by atoms with Gasteiger partial charge < -0.3 is 9.47 Å². The lowest BCUT2D eigenvalue weighted by Crippen LogP contribution is -2.19. The molecule has 0 aliphatic heterocycles. The van der Waals surface area contributed by atoms with Gasteiger partial charge in [-0.25, -0.2) is 8.78 Å². The summed E-state index contributed by atoms with van der Waals surface area (Å²) in [6, 6.07) is 27.1. The Morgan fingerprint density at radius 1 is 0.688 bits per heavy atom. The van der Waals surface area contributed by atoms with Crippen LogP contribution < -0.4 is 9.47 Å². The Morgan fingerprint density at radius 3 is 1.81 bits per heavy atom. The second-order valence-electron chi connectivity index (χ2n) is 7.17. The molecule has 5 heteroatoms. The van der Waals surface area contributed by atoms with Crippen LogP contribution in [0, 0.1) is 23.0 Å². The normalized spacial score (nSPS) is 11.4. The number of benzene rings is 4. The summed E-state index contributed by atoms with van der Waals surface area (Å²) in [6.45, 7) is 1.72. The van der Waals surface area contributed by atoms with Crippen LogP contribution >= 0.6 is 0 Å². The maximum Gasteiger partial charge on any atom is 0.238 e. The topological polar surface area (TPSA) is 42.2 Å². The molecule has 0 N–H and O–H groups in total. The van der Waals surface area contributed by atoms with E-state index >= 15 is 0 Å². The zero-order valence-electron chi connectivity index (χ0n) is 17.3. The van der Waals surface area contributed by atoms with Gasteiger partial charge in [0, 0.05) is 18.6 Å². The van der Waals surface area contributed by atoms with E-state index in [1.54, 1.807) is 31.2 Å². The average molecular weight is 427 g/mol. The van der Waals surface area contributed by atoms with Crippen LogP contribution in [-0.4, -0.2) is 6.29 Å². The number of nitrogens with zero attached hydrogens (tertiary/aromatic N) is 1. The molecule has 0 amide bonds. The van der Waals surface area contributed by atoms with Gasteiger partial charge in [-0.15, -0.1) is 0 Å². The van der Waals surface area contributed by atoms with Crippen molar-refractivity contribution in [1.29, 1.82) is 5.26 Å². The molecule has 0 aliphatic carbocycles. The Morgan fingerprint density at radius 2 is 1.22 bits per heavy atom. The summed E-state index contributed by atoms with van der Waals surface area (Å²) >= 11 is 0. The van der Waals surface area contributed by atoms with Crippen LogP contribution in [0.4, 0.5) is 8.78 Å². The Labute approximate surface area is 185 Å². The zero-order chi connectivity index (χ0) is 22.5. The van der Waals surface area contributed by atoms with E-state index < -0.39 is 12.1 Å². The van der Waals surface area contributed by atoms with Gasteiger partial charge in [0.25, 0.3) is 0 Å². The molecule has 4 rings (SSSR count). The molecule has 0 heterocycles. The summed E-state index contributed by atoms with van der Waals surface area (Å²) in [5, 5.41) is 8.90. The van der Waals surface area contributed by atoms with Crippen molar-refractivity contribution >= 4 is 0 Å². The summed E-state index contributed by atoms with van der Waals surface area (Å²) in [5.74, 6) is 0.103. The number of ether oxygens (including phenoxy) is 2. The van der Waals surface area contributed by atoms with Crippen molar-refractivity contribution in [2.45, 2.75) is 13.2 Å². The van der Waals surface area contributed by atoms with E-state index in [2.05, 4.69) is 6.07 Å².